The standard InChI is InChI=1S/C11H12ClN3O/c1-7-5-8(2)10(9(12)6-7)15-11(16)14-4-3-13/h5-6H,4H2,1-2H3,(H2,14,15,16). The second kappa shape index (κ2) is 5.38. The van der Waals surface area contributed by atoms with Crippen molar-refractivity contribution >= 4 is 23.3 Å². The molecule has 0 bridgehead atoms. The van der Waals surface area contributed by atoms with Crippen molar-refractivity contribution in [3.8, 4) is 6.07 Å². The Kier molecular flexibility index (Phi) is 4.15. The lowest BCUT2D eigenvalue weighted by molar-refractivity contribution is 0.253. The number of nitrogens with zero attached hydrogens (tertiary/aromatic N) is 1. The van der Waals surface area contributed by atoms with Crippen LogP contribution in [0.2, 0.25) is 5.02 Å². The average Bonchev–Trinajstić information content (AvgIpc) is 2.20. The summed E-state index contributed by atoms with van der Waals surface area (Å²) in [5, 5.41) is 13.8. The highest BCUT2D eigenvalue weighted by Gasteiger charge is 2.08. The van der Waals surface area contributed by atoms with Crippen LogP contribution in [0.25, 0.3) is 0 Å². The molecule has 16 heavy (non-hydrogen) atoms. The van der Waals surface area contributed by atoms with E-state index in [0.29, 0.717) is 10.7 Å². The predicted molar refractivity (Wildman–Crippen MR) is 63.6 cm³/mol. The minimum absolute atomic E-state index is 0.0334. The Morgan fingerprint density at radius 2 is 2.19 bits per heavy atom. The number of urea groups is 1. The van der Waals surface area contributed by atoms with Gasteiger partial charge < -0.3 is 10.6 Å². The van der Waals surface area contributed by atoms with Crippen LogP contribution in [0.5, 0.6) is 0 Å². The van der Waals surface area contributed by atoms with E-state index in [1.807, 2.05) is 26.0 Å². The van der Waals surface area contributed by atoms with Gasteiger partial charge in [-0.3, -0.25) is 0 Å². The van der Waals surface area contributed by atoms with Gasteiger partial charge in [0.2, 0.25) is 0 Å². The quantitative estimate of drug-likeness (QED) is 0.777. The topological polar surface area (TPSA) is 64.9 Å². The summed E-state index contributed by atoms with van der Waals surface area (Å²) in [6, 6.07) is 5.08. The van der Waals surface area contributed by atoms with Gasteiger partial charge in [-0.25, -0.2) is 4.79 Å². The third kappa shape index (κ3) is 3.14. The first-order valence-electron chi connectivity index (χ1n) is 4.73. The lowest BCUT2D eigenvalue weighted by Crippen LogP contribution is -2.29. The number of halogens is 1. The molecule has 2 N–H and O–H groups in total. The molecule has 0 aromatic heterocycles. The summed E-state index contributed by atoms with van der Waals surface area (Å²) in [6.45, 7) is 3.76. The zero-order chi connectivity index (χ0) is 12.1. The maximum atomic E-state index is 11.3. The lowest BCUT2D eigenvalue weighted by Gasteiger charge is -2.11. The third-order valence-electron chi connectivity index (χ3n) is 2.00. The van der Waals surface area contributed by atoms with Crippen molar-refractivity contribution in [3.63, 3.8) is 0 Å². The smallest absolute Gasteiger partial charge is 0.320 e. The van der Waals surface area contributed by atoms with Gasteiger partial charge in [0.05, 0.1) is 16.8 Å². The van der Waals surface area contributed by atoms with E-state index in [0.717, 1.165) is 11.1 Å². The molecule has 0 spiro atoms. The number of hydrogen-bond donors (Lipinski definition) is 2. The fraction of sp³-hybridized carbons (Fsp3) is 0.273. The zero-order valence-corrected chi connectivity index (χ0v) is 9.85. The van der Waals surface area contributed by atoms with Crippen LogP contribution >= 0.6 is 11.6 Å². The highest BCUT2D eigenvalue weighted by atomic mass is 35.5. The number of anilines is 1. The van der Waals surface area contributed by atoms with Gasteiger partial charge in [0.25, 0.3) is 0 Å². The molecule has 0 heterocycles. The first kappa shape index (κ1) is 12.3. The Morgan fingerprint density at radius 3 is 2.75 bits per heavy atom. The van der Waals surface area contributed by atoms with Crippen LogP contribution in [0.4, 0.5) is 10.5 Å². The van der Waals surface area contributed by atoms with Crippen molar-refractivity contribution in [2.24, 2.45) is 0 Å². The van der Waals surface area contributed by atoms with Gasteiger partial charge in [-0.05, 0) is 31.0 Å². The number of amides is 2. The second-order valence-corrected chi connectivity index (χ2v) is 3.81. The van der Waals surface area contributed by atoms with E-state index in [1.165, 1.54) is 0 Å². The molecular formula is C11H12ClN3O. The van der Waals surface area contributed by atoms with Crippen LogP contribution in [0.3, 0.4) is 0 Å². The van der Waals surface area contributed by atoms with Gasteiger partial charge in [0.1, 0.15) is 6.54 Å². The minimum atomic E-state index is -0.435. The lowest BCUT2D eigenvalue weighted by atomic mass is 10.1. The minimum Gasteiger partial charge on any atom is -0.325 e. The summed E-state index contributed by atoms with van der Waals surface area (Å²) in [4.78, 5) is 11.3. The fourth-order valence-electron chi connectivity index (χ4n) is 1.35. The molecule has 0 aliphatic carbocycles. The van der Waals surface area contributed by atoms with Gasteiger partial charge >= 0.3 is 6.03 Å². The van der Waals surface area contributed by atoms with E-state index in [-0.39, 0.29) is 6.54 Å². The van der Waals surface area contributed by atoms with E-state index in [1.54, 1.807) is 6.07 Å². The molecule has 0 saturated heterocycles. The summed E-state index contributed by atoms with van der Waals surface area (Å²) >= 11 is 6.01. The summed E-state index contributed by atoms with van der Waals surface area (Å²) in [5.74, 6) is 0. The molecule has 1 aromatic carbocycles. The average molecular weight is 238 g/mol. The second-order valence-electron chi connectivity index (χ2n) is 3.40. The van der Waals surface area contributed by atoms with Gasteiger partial charge in [0.15, 0.2) is 0 Å². The maximum Gasteiger partial charge on any atom is 0.320 e. The normalized spacial score (nSPS) is 9.38. The molecule has 0 fully saturated rings. The monoisotopic (exact) mass is 237 g/mol. The Hall–Kier alpha value is -1.73. The number of rotatable bonds is 2. The van der Waals surface area contributed by atoms with E-state index in [9.17, 15) is 4.79 Å². The molecule has 84 valence electrons. The Balaban J connectivity index is 2.82. The van der Waals surface area contributed by atoms with Gasteiger partial charge in [0, 0.05) is 0 Å². The number of carbonyl (C=O) groups is 1. The van der Waals surface area contributed by atoms with E-state index in [2.05, 4.69) is 10.6 Å². The SMILES string of the molecule is Cc1cc(C)c(NC(=O)NCC#N)c(Cl)c1. The number of benzene rings is 1. The summed E-state index contributed by atoms with van der Waals surface area (Å²) < 4.78 is 0. The molecule has 0 aliphatic rings. The molecule has 0 radical (unpaired) electrons. The number of hydrogen-bond acceptors (Lipinski definition) is 2. The van der Waals surface area contributed by atoms with E-state index >= 15 is 0 Å². The summed E-state index contributed by atoms with van der Waals surface area (Å²) in [6.07, 6.45) is 0. The van der Waals surface area contributed by atoms with Crippen molar-refractivity contribution < 1.29 is 4.79 Å². The predicted octanol–water partition coefficient (Wildman–Crippen LogP) is 2.60. The molecule has 0 aliphatic heterocycles. The largest absolute Gasteiger partial charge is 0.325 e. The first-order chi connectivity index (χ1) is 7.54. The van der Waals surface area contributed by atoms with E-state index < -0.39 is 6.03 Å². The Bertz CT molecular complexity index is 428. The van der Waals surface area contributed by atoms with Crippen LogP contribution in [-0.4, -0.2) is 12.6 Å². The number of carbonyl (C=O) groups excluding carboxylic acids is 1. The molecule has 5 heteroatoms. The van der Waals surface area contributed by atoms with Gasteiger partial charge in [-0.15, -0.1) is 0 Å². The van der Waals surface area contributed by atoms with Crippen molar-refractivity contribution in [3.05, 3.63) is 28.3 Å². The van der Waals surface area contributed by atoms with Gasteiger partial charge in [-0.1, -0.05) is 17.7 Å². The highest BCUT2D eigenvalue weighted by Crippen LogP contribution is 2.27. The van der Waals surface area contributed by atoms with Crippen molar-refractivity contribution in [2.45, 2.75) is 13.8 Å². The van der Waals surface area contributed by atoms with Crippen LogP contribution < -0.4 is 10.6 Å². The first-order valence-corrected chi connectivity index (χ1v) is 5.11. The van der Waals surface area contributed by atoms with Crippen molar-refractivity contribution in [2.75, 3.05) is 11.9 Å². The number of aryl methyl sites for hydroxylation is 2. The number of nitrogens with one attached hydrogen (secondary N) is 2. The molecule has 2 amide bonds. The fourth-order valence-corrected chi connectivity index (χ4v) is 1.72. The number of nitriles is 1. The Morgan fingerprint density at radius 1 is 1.50 bits per heavy atom. The van der Waals surface area contributed by atoms with Gasteiger partial charge in [-0.2, -0.15) is 5.26 Å². The molecular weight excluding hydrogens is 226 g/mol. The van der Waals surface area contributed by atoms with Crippen LogP contribution in [0.15, 0.2) is 12.1 Å². The highest BCUT2D eigenvalue weighted by molar-refractivity contribution is 6.34. The molecule has 0 saturated carbocycles. The summed E-state index contributed by atoms with van der Waals surface area (Å²) in [5.41, 5.74) is 2.49. The van der Waals surface area contributed by atoms with Crippen molar-refractivity contribution in [1.29, 1.82) is 5.26 Å². The third-order valence-corrected chi connectivity index (χ3v) is 2.30. The molecule has 1 aromatic rings. The van der Waals surface area contributed by atoms with E-state index in [4.69, 9.17) is 16.9 Å². The molecule has 0 atom stereocenters. The maximum absolute atomic E-state index is 11.3. The molecule has 4 nitrogen and oxygen atoms in total. The van der Waals surface area contributed by atoms with Crippen LogP contribution in [0.1, 0.15) is 11.1 Å². The summed E-state index contributed by atoms with van der Waals surface area (Å²) in [7, 11) is 0. The van der Waals surface area contributed by atoms with Crippen LogP contribution in [-0.2, 0) is 0 Å². The van der Waals surface area contributed by atoms with Crippen molar-refractivity contribution in [1.82, 2.24) is 5.32 Å². The molecule has 0 unspecified atom stereocenters. The Labute approximate surface area is 99.2 Å². The molecule has 1 rings (SSSR count). The van der Waals surface area contributed by atoms with Crippen LogP contribution in [0, 0.1) is 25.2 Å². The zero-order valence-electron chi connectivity index (χ0n) is 9.10.